The van der Waals surface area contributed by atoms with E-state index in [0.29, 0.717) is 40.1 Å². The standard InChI is InChI=1S/C26H29ClN2O.C25H30N2O2S.C24H31ClN2O/c1-4-28(5-2)24-16-10-22(11-17-24)19-29(25-14-6-20(3)7-15-25)26(30)18-21-8-12-23(27)13-9-21;1-5-26(6-2)23-15-11-22(12-16-23)19-27(24-13-7-20(3)8-14-24)30(28,29)25-17-9-21(4)10-18-25;1-3-26(4-2)22-14-10-19(11-15-22)18-27(23-16-12-21(25)13-17-23)24(28)20-8-6-5-7-9-20/h6-17H,4-5,18-19H2,1-3H3;7-18H,5-6,19H2,1-4H3;10-17,20H,3-9,18H2,1-2H3. The Kier molecular flexibility index (Phi) is 26.0. The number of anilines is 6. The Labute approximate surface area is 536 Å². The third-order valence-electron chi connectivity index (χ3n) is 16.4. The summed E-state index contributed by atoms with van der Waals surface area (Å²) in [4.78, 5) is 37.6. The van der Waals surface area contributed by atoms with Crippen LogP contribution in [-0.2, 0) is 45.7 Å². The number of hydrogen-bond donors (Lipinski definition) is 0. The lowest BCUT2D eigenvalue weighted by Gasteiger charge is -2.30. The first-order valence-electron chi connectivity index (χ1n) is 31.3. The van der Waals surface area contributed by atoms with Crippen LogP contribution >= 0.6 is 23.2 Å². The summed E-state index contributed by atoms with van der Waals surface area (Å²) in [7, 11) is -3.69. The molecule has 1 aliphatic rings. The van der Waals surface area contributed by atoms with Crippen molar-refractivity contribution in [1.82, 2.24) is 0 Å². The molecule has 0 aliphatic heterocycles. The lowest BCUT2D eigenvalue weighted by molar-refractivity contribution is -0.123. The Morgan fingerprint density at radius 1 is 0.386 bits per heavy atom. The summed E-state index contributed by atoms with van der Waals surface area (Å²) in [6, 6.07) is 63.1. The van der Waals surface area contributed by atoms with Crippen LogP contribution in [0.3, 0.4) is 0 Å². The summed E-state index contributed by atoms with van der Waals surface area (Å²) in [6.45, 7) is 26.1. The molecule has 0 radical (unpaired) electrons. The van der Waals surface area contributed by atoms with Crippen molar-refractivity contribution in [3.8, 4) is 0 Å². The van der Waals surface area contributed by atoms with Gasteiger partial charge in [0.05, 0.1) is 36.6 Å². The zero-order valence-electron chi connectivity index (χ0n) is 53.1. The smallest absolute Gasteiger partial charge is 0.264 e. The first-order valence-corrected chi connectivity index (χ1v) is 33.5. The van der Waals surface area contributed by atoms with Gasteiger partial charge in [-0.15, -0.1) is 0 Å². The van der Waals surface area contributed by atoms with Crippen molar-refractivity contribution in [1.29, 1.82) is 0 Å². The molecule has 1 saturated carbocycles. The van der Waals surface area contributed by atoms with Gasteiger partial charge in [-0.1, -0.05) is 144 Å². The van der Waals surface area contributed by atoms with Crippen LogP contribution in [0.1, 0.15) is 113 Å². The summed E-state index contributed by atoms with van der Waals surface area (Å²) in [5, 5.41) is 1.37. The number of sulfonamides is 1. The van der Waals surface area contributed by atoms with E-state index in [1.807, 2.05) is 145 Å². The highest BCUT2D eigenvalue weighted by Gasteiger charge is 2.28. The molecule has 1 aliphatic carbocycles. The molecular formula is C75H90Cl2N6O4S. The van der Waals surface area contributed by atoms with Gasteiger partial charge < -0.3 is 24.5 Å². The highest BCUT2D eigenvalue weighted by atomic mass is 35.5. The largest absolute Gasteiger partial charge is 0.372 e. The molecule has 0 spiro atoms. The molecule has 10 nitrogen and oxygen atoms in total. The van der Waals surface area contributed by atoms with Gasteiger partial charge in [-0.25, -0.2) is 8.42 Å². The molecule has 8 aromatic carbocycles. The van der Waals surface area contributed by atoms with Gasteiger partial charge in [0.1, 0.15) is 0 Å². The summed E-state index contributed by atoms with van der Waals surface area (Å²) >= 11 is 12.1. The minimum atomic E-state index is -3.69. The highest BCUT2D eigenvalue weighted by Crippen LogP contribution is 2.32. The van der Waals surface area contributed by atoms with Gasteiger partial charge >= 0.3 is 0 Å². The number of halogens is 2. The Bertz CT molecular complexity index is 3500. The van der Waals surface area contributed by atoms with Gasteiger partial charge in [0, 0.05) is 83.7 Å². The van der Waals surface area contributed by atoms with Crippen molar-refractivity contribution in [2.45, 2.75) is 125 Å². The molecule has 2 amide bonds. The fourth-order valence-electron chi connectivity index (χ4n) is 11.0. The molecule has 0 bridgehead atoms. The predicted molar refractivity (Wildman–Crippen MR) is 372 cm³/mol. The van der Waals surface area contributed by atoms with Crippen molar-refractivity contribution in [2.24, 2.45) is 5.92 Å². The van der Waals surface area contributed by atoms with E-state index < -0.39 is 10.0 Å². The van der Waals surface area contributed by atoms with E-state index in [1.165, 1.54) is 27.7 Å². The van der Waals surface area contributed by atoms with E-state index >= 15 is 0 Å². The third kappa shape index (κ3) is 19.2. The fraction of sp³-hybridized carbons (Fsp3) is 0.333. The first-order chi connectivity index (χ1) is 42.5. The molecule has 0 heterocycles. The van der Waals surface area contributed by atoms with Crippen LogP contribution in [-0.4, -0.2) is 59.5 Å². The molecule has 0 N–H and O–H groups in total. The zero-order valence-corrected chi connectivity index (χ0v) is 55.5. The number of carbonyl (C=O) groups excluding carboxylic acids is 2. The molecule has 13 heteroatoms. The van der Waals surface area contributed by atoms with Gasteiger partial charge in [0.2, 0.25) is 11.8 Å². The Morgan fingerprint density at radius 2 is 0.705 bits per heavy atom. The second kappa shape index (κ2) is 33.7. The van der Waals surface area contributed by atoms with E-state index in [0.717, 1.165) is 115 Å². The number of rotatable bonds is 23. The van der Waals surface area contributed by atoms with Gasteiger partial charge in [-0.2, -0.15) is 0 Å². The zero-order chi connectivity index (χ0) is 63.2. The van der Waals surface area contributed by atoms with Gasteiger partial charge in [0.25, 0.3) is 10.0 Å². The van der Waals surface area contributed by atoms with Gasteiger partial charge in [-0.05, 0) is 207 Å². The minimum absolute atomic E-state index is 0.0639. The lowest BCUT2D eigenvalue weighted by Crippen LogP contribution is -2.36. The average molecular weight is 1240 g/mol. The maximum Gasteiger partial charge on any atom is 0.264 e. The van der Waals surface area contributed by atoms with Crippen molar-refractivity contribution in [3.05, 3.63) is 243 Å². The number of carbonyl (C=O) groups is 2. The van der Waals surface area contributed by atoms with E-state index in [-0.39, 0.29) is 24.3 Å². The van der Waals surface area contributed by atoms with E-state index in [4.69, 9.17) is 23.2 Å². The fourth-order valence-corrected chi connectivity index (χ4v) is 12.7. The van der Waals surface area contributed by atoms with E-state index in [2.05, 4.69) is 124 Å². The van der Waals surface area contributed by atoms with Crippen LogP contribution in [0.25, 0.3) is 0 Å². The lowest BCUT2D eigenvalue weighted by atomic mass is 9.88. The first kappa shape index (κ1) is 67.9. The number of amides is 2. The highest BCUT2D eigenvalue weighted by molar-refractivity contribution is 7.92. The Hall–Kier alpha value is -7.57. The number of hydrogen-bond acceptors (Lipinski definition) is 7. The maximum absolute atomic E-state index is 13.5. The molecule has 9 rings (SSSR count). The van der Waals surface area contributed by atoms with Crippen LogP contribution in [0.4, 0.5) is 34.1 Å². The monoisotopic (exact) mass is 1240 g/mol. The Balaban J connectivity index is 0.000000188. The predicted octanol–water partition coefficient (Wildman–Crippen LogP) is 18.1. The molecule has 1 fully saturated rings. The number of nitrogens with zero attached hydrogens (tertiary/aromatic N) is 6. The molecule has 0 unspecified atom stereocenters. The van der Waals surface area contributed by atoms with Crippen molar-refractivity contribution >= 4 is 79.2 Å². The normalized spacial score (nSPS) is 12.2. The number of benzene rings is 8. The van der Waals surface area contributed by atoms with Crippen molar-refractivity contribution in [3.63, 3.8) is 0 Å². The molecule has 0 saturated heterocycles. The minimum Gasteiger partial charge on any atom is -0.372 e. The van der Waals surface area contributed by atoms with Gasteiger partial charge in [0.15, 0.2) is 0 Å². The summed E-state index contributed by atoms with van der Waals surface area (Å²) < 4.78 is 28.5. The van der Waals surface area contributed by atoms with E-state index in [9.17, 15) is 18.0 Å². The van der Waals surface area contributed by atoms with Crippen LogP contribution in [0.5, 0.6) is 0 Å². The molecule has 0 atom stereocenters. The molecule has 8 aromatic rings. The molecule has 464 valence electrons. The molecule has 0 aromatic heterocycles. The summed E-state index contributed by atoms with van der Waals surface area (Å²) in [5.41, 5.74) is 13.5. The second-order valence-corrected chi connectivity index (χ2v) is 25.3. The van der Waals surface area contributed by atoms with Crippen molar-refractivity contribution < 1.29 is 18.0 Å². The van der Waals surface area contributed by atoms with Crippen LogP contribution in [0.15, 0.2) is 199 Å². The molecule has 88 heavy (non-hydrogen) atoms. The van der Waals surface area contributed by atoms with Crippen LogP contribution in [0.2, 0.25) is 10.0 Å². The molecular weight excluding hydrogens is 1150 g/mol. The Morgan fingerprint density at radius 3 is 1.11 bits per heavy atom. The summed E-state index contributed by atoms with van der Waals surface area (Å²) in [5.74, 6) is 0.447. The van der Waals surface area contributed by atoms with Crippen LogP contribution < -0.4 is 28.8 Å². The van der Waals surface area contributed by atoms with Gasteiger partial charge in [-0.3, -0.25) is 13.9 Å². The third-order valence-corrected chi connectivity index (χ3v) is 18.7. The van der Waals surface area contributed by atoms with E-state index in [1.54, 1.807) is 12.1 Å². The maximum atomic E-state index is 13.5. The van der Waals surface area contributed by atoms with Crippen LogP contribution in [0, 0.1) is 26.7 Å². The SMILES string of the molecule is CCN(CC)c1ccc(CN(C(=O)C2CCCCC2)c2ccc(Cl)cc2)cc1.CCN(CC)c1ccc(CN(C(=O)Cc2ccc(Cl)cc2)c2ccc(C)cc2)cc1.CCN(CC)c1ccc(CN(c2ccc(C)cc2)S(=O)(=O)c2ccc(C)cc2)cc1. The quantitative estimate of drug-likeness (QED) is 0.0630. The second-order valence-electron chi connectivity index (χ2n) is 22.5. The summed E-state index contributed by atoms with van der Waals surface area (Å²) in [6.07, 6.45) is 5.90. The van der Waals surface area contributed by atoms with Crippen molar-refractivity contribution in [2.75, 3.05) is 68.1 Å². The number of aryl methyl sites for hydroxylation is 3. The topological polar surface area (TPSA) is 87.7 Å². The average Bonchev–Trinajstić information content (AvgIpc) is 3.67.